The molecule has 0 amide bonds. The Labute approximate surface area is 108 Å². The molecular formula is C14H22FNO2. The number of rotatable bonds is 4. The maximum atomic E-state index is 15.4. The summed E-state index contributed by atoms with van der Waals surface area (Å²) in [6.07, 6.45) is 0. The highest BCUT2D eigenvalue weighted by atomic mass is 19.1. The summed E-state index contributed by atoms with van der Waals surface area (Å²) >= 11 is 0. The summed E-state index contributed by atoms with van der Waals surface area (Å²) < 4.78 is 25.9. The van der Waals surface area contributed by atoms with Crippen molar-refractivity contribution in [2.75, 3.05) is 20.8 Å². The van der Waals surface area contributed by atoms with Crippen LogP contribution < -0.4 is 15.2 Å². The highest BCUT2D eigenvalue weighted by Gasteiger charge is 2.46. The molecule has 0 aliphatic rings. The summed E-state index contributed by atoms with van der Waals surface area (Å²) in [6, 6.07) is 5.20. The zero-order valence-electron chi connectivity index (χ0n) is 11.7. The molecule has 0 saturated heterocycles. The van der Waals surface area contributed by atoms with Gasteiger partial charge in [-0.1, -0.05) is 26.8 Å². The quantitative estimate of drug-likeness (QED) is 0.899. The van der Waals surface area contributed by atoms with Crippen molar-refractivity contribution in [3.05, 3.63) is 23.8 Å². The van der Waals surface area contributed by atoms with Crippen LogP contribution in [0.25, 0.3) is 0 Å². The van der Waals surface area contributed by atoms with E-state index in [-0.39, 0.29) is 6.54 Å². The van der Waals surface area contributed by atoms with E-state index in [1.54, 1.807) is 18.2 Å². The number of hydrogen-bond acceptors (Lipinski definition) is 3. The minimum atomic E-state index is -1.72. The standard InChI is InChI=1S/C14H22FNO2/c1-13(2,3)14(15,9-16)12-10(17-4)7-6-8-11(12)18-5/h6-8H,9,16H2,1-5H3. The molecule has 2 N–H and O–H groups in total. The van der Waals surface area contributed by atoms with E-state index in [0.29, 0.717) is 17.1 Å². The predicted octanol–water partition coefficient (Wildman–Crippen LogP) is 2.87. The molecule has 0 radical (unpaired) electrons. The maximum Gasteiger partial charge on any atom is 0.160 e. The Kier molecular flexibility index (Phi) is 4.22. The number of halogens is 1. The van der Waals surface area contributed by atoms with Gasteiger partial charge in [-0.05, 0) is 12.1 Å². The predicted molar refractivity (Wildman–Crippen MR) is 70.8 cm³/mol. The number of ether oxygens (including phenoxy) is 2. The summed E-state index contributed by atoms with van der Waals surface area (Å²) in [4.78, 5) is 0. The monoisotopic (exact) mass is 255 g/mol. The number of alkyl halides is 1. The summed E-state index contributed by atoms with van der Waals surface area (Å²) in [6.45, 7) is 5.30. The van der Waals surface area contributed by atoms with Gasteiger partial charge in [0.15, 0.2) is 5.67 Å². The molecule has 0 saturated carbocycles. The van der Waals surface area contributed by atoms with Crippen LogP contribution >= 0.6 is 0 Å². The molecule has 0 heterocycles. The van der Waals surface area contributed by atoms with Crippen molar-refractivity contribution in [2.24, 2.45) is 11.1 Å². The van der Waals surface area contributed by atoms with Crippen molar-refractivity contribution in [3.63, 3.8) is 0 Å². The van der Waals surface area contributed by atoms with Crippen LogP contribution in [0.15, 0.2) is 18.2 Å². The number of hydrogen-bond donors (Lipinski definition) is 1. The van der Waals surface area contributed by atoms with Crippen molar-refractivity contribution in [1.82, 2.24) is 0 Å². The molecule has 0 spiro atoms. The Bertz CT molecular complexity index is 392. The Morgan fingerprint density at radius 2 is 1.56 bits per heavy atom. The molecule has 1 aromatic rings. The van der Waals surface area contributed by atoms with Crippen molar-refractivity contribution >= 4 is 0 Å². The number of methoxy groups -OCH3 is 2. The first kappa shape index (κ1) is 14.8. The zero-order valence-corrected chi connectivity index (χ0v) is 11.7. The lowest BCUT2D eigenvalue weighted by Gasteiger charge is -2.38. The SMILES string of the molecule is COc1cccc(OC)c1C(F)(CN)C(C)(C)C. The second kappa shape index (κ2) is 5.14. The molecule has 0 fully saturated rings. The van der Waals surface area contributed by atoms with E-state index in [2.05, 4.69) is 0 Å². The van der Waals surface area contributed by atoms with Gasteiger partial charge in [-0.3, -0.25) is 0 Å². The van der Waals surface area contributed by atoms with Crippen LogP contribution in [0.5, 0.6) is 11.5 Å². The Hall–Kier alpha value is -1.29. The second-order valence-corrected chi connectivity index (χ2v) is 5.29. The van der Waals surface area contributed by atoms with E-state index in [4.69, 9.17) is 15.2 Å². The van der Waals surface area contributed by atoms with Crippen LogP contribution in [-0.4, -0.2) is 20.8 Å². The highest BCUT2D eigenvalue weighted by Crippen LogP contribution is 2.49. The fourth-order valence-electron chi connectivity index (χ4n) is 2.03. The molecule has 0 bridgehead atoms. The average molecular weight is 255 g/mol. The third kappa shape index (κ3) is 2.29. The third-order valence-electron chi connectivity index (χ3n) is 3.29. The van der Waals surface area contributed by atoms with Crippen LogP contribution in [0.4, 0.5) is 4.39 Å². The van der Waals surface area contributed by atoms with Gasteiger partial charge >= 0.3 is 0 Å². The first-order chi connectivity index (χ1) is 8.31. The van der Waals surface area contributed by atoms with Gasteiger partial charge in [0.2, 0.25) is 0 Å². The molecule has 1 atom stereocenters. The molecule has 1 unspecified atom stereocenters. The van der Waals surface area contributed by atoms with Crippen molar-refractivity contribution in [3.8, 4) is 11.5 Å². The van der Waals surface area contributed by atoms with Crippen molar-refractivity contribution in [2.45, 2.75) is 26.4 Å². The lowest BCUT2D eigenvalue weighted by Crippen LogP contribution is -2.43. The minimum Gasteiger partial charge on any atom is -0.496 e. The molecule has 4 heteroatoms. The Balaban J connectivity index is 3.55. The average Bonchev–Trinajstić information content (AvgIpc) is 2.35. The van der Waals surface area contributed by atoms with E-state index < -0.39 is 11.1 Å². The molecule has 102 valence electrons. The highest BCUT2D eigenvalue weighted by molar-refractivity contribution is 5.49. The molecule has 3 nitrogen and oxygen atoms in total. The molecule has 0 aliphatic heterocycles. The second-order valence-electron chi connectivity index (χ2n) is 5.29. The van der Waals surface area contributed by atoms with E-state index in [9.17, 15) is 0 Å². The van der Waals surface area contributed by atoms with E-state index in [1.165, 1.54) is 14.2 Å². The Morgan fingerprint density at radius 3 is 1.83 bits per heavy atom. The summed E-state index contributed by atoms with van der Waals surface area (Å²) in [5, 5.41) is 0. The van der Waals surface area contributed by atoms with Gasteiger partial charge in [-0.2, -0.15) is 0 Å². The van der Waals surface area contributed by atoms with Crippen molar-refractivity contribution in [1.29, 1.82) is 0 Å². The van der Waals surface area contributed by atoms with E-state index in [1.807, 2.05) is 20.8 Å². The lowest BCUT2D eigenvalue weighted by molar-refractivity contribution is 0.0294. The van der Waals surface area contributed by atoms with E-state index >= 15 is 4.39 Å². The summed E-state index contributed by atoms with van der Waals surface area (Å²) in [5.74, 6) is 0.912. The molecule has 18 heavy (non-hydrogen) atoms. The smallest absolute Gasteiger partial charge is 0.160 e. The van der Waals surface area contributed by atoms with Crippen LogP contribution in [0.3, 0.4) is 0 Å². The van der Waals surface area contributed by atoms with Gasteiger partial charge in [0.1, 0.15) is 11.5 Å². The first-order valence-electron chi connectivity index (χ1n) is 5.92. The molecule has 1 aromatic carbocycles. The normalized spacial score (nSPS) is 15.1. The molecule has 0 aliphatic carbocycles. The van der Waals surface area contributed by atoms with Crippen LogP contribution in [-0.2, 0) is 5.67 Å². The van der Waals surface area contributed by atoms with Gasteiger partial charge in [0, 0.05) is 12.0 Å². The maximum absolute atomic E-state index is 15.4. The topological polar surface area (TPSA) is 44.5 Å². The van der Waals surface area contributed by atoms with Crippen molar-refractivity contribution < 1.29 is 13.9 Å². The first-order valence-corrected chi connectivity index (χ1v) is 5.92. The Morgan fingerprint density at radius 1 is 1.11 bits per heavy atom. The molecule has 1 rings (SSSR count). The van der Waals surface area contributed by atoms with Gasteiger partial charge in [-0.15, -0.1) is 0 Å². The third-order valence-corrected chi connectivity index (χ3v) is 3.29. The van der Waals surface area contributed by atoms with Crippen LogP contribution in [0.2, 0.25) is 0 Å². The molecule has 0 aromatic heterocycles. The van der Waals surface area contributed by atoms with Crippen LogP contribution in [0, 0.1) is 5.41 Å². The fraction of sp³-hybridized carbons (Fsp3) is 0.571. The summed E-state index contributed by atoms with van der Waals surface area (Å²) in [5.41, 5.74) is 3.69. The number of benzene rings is 1. The number of nitrogens with two attached hydrogens (primary N) is 1. The van der Waals surface area contributed by atoms with Gasteiger partial charge in [0.05, 0.1) is 19.8 Å². The lowest BCUT2D eigenvalue weighted by atomic mass is 9.73. The van der Waals surface area contributed by atoms with Gasteiger partial charge < -0.3 is 15.2 Å². The minimum absolute atomic E-state index is 0.132. The van der Waals surface area contributed by atoms with E-state index in [0.717, 1.165) is 0 Å². The molecular weight excluding hydrogens is 233 g/mol. The largest absolute Gasteiger partial charge is 0.496 e. The fourth-order valence-corrected chi connectivity index (χ4v) is 2.03. The van der Waals surface area contributed by atoms with Gasteiger partial charge in [0.25, 0.3) is 0 Å². The van der Waals surface area contributed by atoms with Gasteiger partial charge in [-0.25, -0.2) is 4.39 Å². The van der Waals surface area contributed by atoms with Crippen LogP contribution in [0.1, 0.15) is 26.3 Å². The summed E-state index contributed by atoms with van der Waals surface area (Å²) in [7, 11) is 3.02. The zero-order chi connectivity index (χ0) is 14.0.